The maximum atomic E-state index is 12.6. The molecule has 0 saturated heterocycles. The summed E-state index contributed by atoms with van der Waals surface area (Å²) in [5.74, 6) is -0.772. The topological polar surface area (TPSA) is 75.7 Å². The minimum atomic E-state index is -0.835. The summed E-state index contributed by atoms with van der Waals surface area (Å²) >= 11 is 0. The fraction of sp³-hybridized carbons (Fsp3) is 0.550. The molecule has 0 atom stereocenters. The van der Waals surface area contributed by atoms with Crippen molar-refractivity contribution in [1.29, 1.82) is 0 Å². The van der Waals surface area contributed by atoms with Gasteiger partial charge in [0, 0.05) is 6.04 Å². The number of rotatable bonds is 6. The normalized spacial score (nSPS) is 18.2. The number of carbonyl (C=O) groups is 3. The Labute approximate surface area is 153 Å². The van der Waals surface area contributed by atoms with Crippen molar-refractivity contribution in [2.24, 2.45) is 0 Å². The van der Waals surface area contributed by atoms with Crippen molar-refractivity contribution < 1.29 is 19.1 Å². The second kappa shape index (κ2) is 7.58. The monoisotopic (exact) mass is 358 g/mol. The maximum Gasteiger partial charge on any atom is 0.262 e. The number of ether oxygens (including phenoxy) is 1. The first-order chi connectivity index (χ1) is 12.4. The molecule has 3 rings (SSSR count). The van der Waals surface area contributed by atoms with Crippen LogP contribution in [-0.2, 0) is 9.53 Å². The molecule has 1 saturated carbocycles. The molecule has 26 heavy (non-hydrogen) atoms. The zero-order chi connectivity index (χ0) is 18.7. The molecule has 0 bridgehead atoms. The van der Waals surface area contributed by atoms with E-state index < -0.39 is 5.54 Å². The van der Waals surface area contributed by atoms with Crippen LogP contribution in [0.25, 0.3) is 0 Å². The largest absolute Gasteiger partial charge is 0.369 e. The predicted molar refractivity (Wildman–Crippen MR) is 96.9 cm³/mol. The fourth-order valence-corrected chi connectivity index (χ4v) is 3.71. The first kappa shape index (κ1) is 18.6. The molecule has 1 N–H and O–H groups in total. The number of hydrogen-bond acceptors (Lipinski definition) is 4. The molecule has 6 heteroatoms. The third kappa shape index (κ3) is 3.80. The van der Waals surface area contributed by atoms with Gasteiger partial charge in [-0.15, -0.1) is 0 Å². The van der Waals surface area contributed by atoms with E-state index in [1.807, 2.05) is 0 Å². The highest BCUT2D eigenvalue weighted by atomic mass is 16.5. The summed E-state index contributed by atoms with van der Waals surface area (Å²) in [6, 6.07) is 7.04. The Morgan fingerprint density at radius 2 is 1.69 bits per heavy atom. The number of carbonyl (C=O) groups excluding carboxylic acids is 3. The Bertz CT molecular complexity index is 673. The van der Waals surface area contributed by atoms with Gasteiger partial charge in [0.25, 0.3) is 11.8 Å². The van der Waals surface area contributed by atoms with Gasteiger partial charge in [0.1, 0.15) is 6.61 Å². The van der Waals surface area contributed by atoms with Crippen LogP contribution in [0.2, 0.25) is 0 Å². The molecule has 6 nitrogen and oxygen atoms in total. The van der Waals surface area contributed by atoms with Crippen LogP contribution in [-0.4, -0.2) is 47.4 Å². The van der Waals surface area contributed by atoms with Crippen molar-refractivity contribution in [2.75, 3.05) is 13.2 Å². The van der Waals surface area contributed by atoms with E-state index in [-0.39, 0.29) is 37.0 Å². The number of fused-ring (bicyclic) bond motifs is 1. The summed E-state index contributed by atoms with van der Waals surface area (Å²) in [6.45, 7) is 3.58. The van der Waals surface area contributed by atoms with Crippen LogP contribution in [0.3, 0.4) is 0 Å². The second-order valence-corrected chi connectivity index (χ2v) is 7.70. The second-order valence-electron chi connectivity index (χ2n) is 7.70. The highest BCUT2D eigenvalue weighted by molar-refractivity contribution is 6.21. The molecule has 1 aliphatic carbocycles. The van der Waals surface area contributed by atoms with Crippen LogP contribution in [0.1, 0.15) is 66.7 Å². The zero-order valence-corrected chi connectivity index (χ0v) is 15.4. The van der Waals surface area contributed by atoms with Crippen LogP contribution in [0.4, 0.5) is 0 Å². The lowest BCUT2D eigenvalue weighted by Gasteiger charge is -2.33. The van der Waals surface area contributed by atoms with E-state index in [0.717, 1.165) is 25.7 Å². The lowest BCUT2D eigenvalue weighted by atomic mass is 9.95. The predicted octanol–water partition coefficient (Wildman–Crippen LogP) is 2.53. The van der Waals surface area contributed by atoms with Crippen molar-refractivity contribution >= 4 is 17.7 Å². The lowest BCUT2D eigenvalue weighted by molar-refractivity contribution is -0.127. The van der Waals surface area contributed by atoms with Gasteiger partial charge in [-0.3, -0.25) is 19.3 Å². The summed E-state index contributed by atoms with van der Waals surface area (Å²) in [5.41, 5.74) is -0.000540. The summed E-state index contributed by atoms with van der Waals surface area (Å²) in [4.78, 5) is 38.4. The SMILES string of the molecule is CC(C)(COCC(=O)NC1CCCCC1)N1C(=O)c2ccccc2C1=O. The van der Waals surface area contributed by atoms with Gasteiger partial charge in [-0.2, -0.15) is 0 Å². The maximum absolute atomic E-state index is 12.6. The van der Waals surface area contributed by atoms with Crippen molar-refractivity contribution in [2.45, 2.75) is 57.5 Å². The Hall–Kier alpha value is -2.21. The third-order valence-corrected chi connectivity index (χ3v) is 5.06. The van der Waals surface area contributed by atoms with Gasteiger partial charge < -0.3 is 10.1 Å². The number of amides is 3. The minimum absolute atomic E-state index is 0.0664. The van der Waals surface area contributed by atoms with Crippen LogP contribution in [0.15, 0.2) is 24.3 Å². The molecule has 1 heterocycles. The van der Waals surface area contributed by atoms with Crippen molar-refractivity contribution in [3.8, 4) is 0 Å². The van der Waals surface area contributed by atoms with E-state index in [9.17, 15) is 14.4 Å². The highest BCUT2D eigenvalue weighted by Gasteiger charge is 2.44. The molecule has 1 fully saturated rings. The van der Waals surface area contributed by atoms with Crippen molar-refractivity contribution in [3.63, 3.8) is 0 Å². The number of hydrogen-bond donors (Lipinski definition) is 1. The summed E-state index contributed by atoms with van der Waals surface area (Å²) in [7, 11) is 0. The quantitative estimate of drug-likeness (QED) is 0.793. The highest BCUT2D eigenvalue weighted by Crippen LogP contribution is 2.29. The van der Waals surface area contributed by atoms with Gasteiger partial charge in [-0.1, -0.05) is 31.4 Å². The van der Waals surface area contributed by atoms with Gasteiger partial charge in [-0.05, 0) is 38.8 Å². The van der Waals surface area contributed by atoms with E-state index in [1.54, 1.807) is 38.1 Å². The van der Waals surface area contributed by atoms with Crippen LogP contribution in [0.5, 0.6) is 0 Å². The third-order valence-electron chi connectivity index (χ3n) is 5.06. The molecular formula is C20H26N2O4. The Kier molecular flexibility index (Phi) is 5.41. The average molecular weight is 358 g/mol. The number of benzene rings is 1. The standard InChI is InChI=1S/C20H26N2O4/c1-20(2,13-26-12-17(23)21-14-8-4-3-5-9-14)22-18(24)15-10-6-7-11-16(15)19(22)25/h6-7,10-11,14H,3-5,8-9,12-13H2,1-2H3,(H,21,23). The molecule has 1 aliphatic heterocycles. The average Bonchev–Trinajstić information content (AvgIpc) is 2.87. The van der Waals surface area contributed by atoms with Crippen molar-refractivity contribution in [1.82, 2.24) is 10.2 Å². The molecular weight excluding hydrogens is 332 g/mol. The first-order valence-electron chi connectivity index (χ1n) is 9.25. The Morgan fingerprint density at radius 1 is 1.12 bits per heavy atom. The summed E-state index contributed by atoms with van der Waals surface area (Å²) in [5, 5.41) is 2.99. The number of nitrogens with zero attached hydrogens (tertiary/aromatic N) is 1. The van der Waals surface area contributed by atoms with E-state index in [1.165, 1.54) is 11.3 Å². The molecule has 3 amide bonds. The van der Waals surface area contributed by atoms with Gasteiger partial charge in [0.2, 0.25) is 5.91 Å². The molecule has 0 radical (unpaired) electrons. The molecule has 0 aromatic heterocycles. The number of nitrogens with one attached hydrogen (secondary N) is 1. The van der Waals surface area contributed by atoms with E-state index in [4.69, 9.17) is 4.74 Å². The number of imide groups is 1. The van der Waals surface area contributed by atoms with E-state index in [0.29, 0.717) is 11.1 Å². The minimum Gasteiger partial charge on any atom is -0.369 e. The first-order valence-corrected chi connectivity index (χ1v) is 9.25. The zero-order valence-electron chi connectivity index (χ0n) is 15.4. The van der Waals surface area contributed by atoms with E-state index in [2.05, 4.69) is 5.32 Å². The molecule has 2 aliphatic rings. The van der Waals surface area contributed by atoms with Gasteiger partial charge in [0.05, 0.1) is 23.3 Å². The van der Waals surface area contributed by atoms with Crippen LogP contribution >= 0.6 is 0 Å². The van der Waals surface area contributed by atoms with Gasteiger partial charge in [0.15, 0.2) is 0 Å². The Balaban J connectivity index is 1.53. The van der Waals surface area contributed by atoms with Crippen LogP contribution < -0.4 is 5.32 Å². The molecule has 0 spiro atoms. The smallest absolute Gasteiger partial charge is 0.262 e. The molecule has 1 aromatic carbocycles. The van der Waals surface area contributed by atoms with Crippen molar-refractivity contribution in [3.05, 3.63) is 35.4 Å². The molecule has 1 aromatic rings. The van der Waals surface area contributed by atoms with E-state index >= 15 is 0 Å². The summed E-state index contributed by atoms with van der Waals surface area (Å²) < 4.78 is 5.55. The molecule has 0 unspecified atom stereocenters. The van der Waals surface area contributed by atoms with Gasteiger partial charge in [-0.25, -0.2) is 0 Å². The Morgan fingerprint density at radius 3 is 2.27 bits per heavy atom. The summed E-state index contributed by atoms with van der Waals surface area (Å²) in [6.07, 6.45) is 5.58. The van der Waals surface area contributed by atoms with Gasteiger partial charge >= 0.3 is 0 Å². The fourth-order valence-electron chi connectivity index (χ4n) is 3.71. The lowest BCUT2D eigenvalue weighted by Crippen LogP contribution is -2.51. The van der Waals surface area contributed by atoms with Crippen LogP contribution in [0, 0.1) is 0 Å². The molecule has 140 valence electrons.